The van der Waals surface area contributed by atoms with E-state index in [2.05, 4.69) is 21.3 Å². The molecule has 0 saturated carbocycles. The number of Topliss-reactive ketones (excluding diaryl/α,β-unsaturated/α-hetero) is 1. The Morgan fingerprint density at radius 1 is 0.660 bits per heavy atom. The molecule has 12 heteroatoms. The Bertz CT molecular complexity index is 1490. The molecule has 4 amide bonds. The predicted octanol–water partition coefficient (Wildman–Crippen LogP) is 2.97. The van der Waals surface area contributed by atoms with Crippen LogP contribution in [0.3, 0.4) is 0 Å². The highest BCUT2D eigenvalue weighted by Crippen LogP contribution is 2.29. The van der Waals surface area contributed by atoms with Gasteiger partial charge in [-0.05, 0) is 68.4 Å². The highest BCUT2D eigenvalue weighted by atomic mass is 16.6. The van der Waals surface area contributed by atoms with Crippen LogP contribution in [0, 0.1) is 11.8 Å². The Hall–Kier alpha value is -4.13. The highest BCUT2D eigenvalue weighted by Gasteiger charge is 2.50. The highest BCUT2D eigenvalue weighted by molar-refractivity contribution is 5.98. The maximum Gasteiger partial charge on any atom is 0.243 e. The Labute approximate surface area is 314 Å². The lowest BCUT2D eigenvalue weighted by atomic mass is 9.93. The number of ether oxygens (including phenoxy) is 2. The Morgan fingerprint density at radius 3 is 1.58 bits per heavy atom. The number of aryl methyl sites for hydroxylation is 2. The third-order valence-electron chi connectivity index (χ3n) is 9.66. The van der Waals surface area contributed by atoms with E-state index in [0.29, 0.717) is 65.0 Å². The maximum absolute atomic E-state index is 14.1. The van der Waals surface area contributed by atoms with Crippen molar-refractivity contribution in [1.29, 1.82) is 0 Å². The molecule has 2 saturated heterocycles. The van der Waals surface area contributed by atoms with Gasteiger partial charge in [-0.1, -0.05) is 88.4 Å². The fraction of sp³-hybridized carbons (Fsp3) is 0.585. The number of carbonyl (C=O) groups excluding carboxylic acids is 5. The number of benzene rings is 2. The van der Waals surface area contributed by atoms with Crippen LogP contribution < -0.4 is 21.3 Å². The first-order chi connectivity index (χ1) is 25.3. The van der Waals surface area contributed by atoms with Gasteiger partial charge in [-0.3, -0.25) is 28.9 Å². The van der Waals surface area contributed by atoms with Crippen molar-refractivity contribution in [1.82, 2.24) is 26.2 Å². The van der Waals surface area contributed by atoms with Gasteiger partial charge in [0.2, 0.25) is 23.6 Å². The number of rotatable bonds is 21. The zero-order chi connectivity index (χ0) is 38.4. The zero-order valence-electron chi connectivity index (χ0n) is 32.0. The summed E-state index contributed by atoms with van der Waals surface area (Å²) in [4.78, 5) is 70.6. The Kier molecular flexibility index (Phi) is 16.0. The van der Waals surface area contributed by atoms with Gasteiger partial charge in [0, 0.05) is 13.1 Å². The molecule has 53 heavy (non-hydrogen) atoms. The molecule has 0 aliphatic carbocycles. The normalized spacial score (nSPS) is 19.5. The van der Waals surface area contributed by atoms with Gasteiger partial charge in [0.25, 0.3) is 0 Å². The molecule has 4 rings (SSSR count). The first-order valence-electron chi connectivity index (χ1n) is 19.1. The maximum atomic E-state index is 14.1. The van der Waals surface area contributed by atoms with Crippen molar-refractivity contribution >= 4 is 29.4 Å². The number of hydrogen-bond donors (Lipinski definition) is 4. The first kappa shape index (κ1) is 41.6. The van der Waals surface area contributed by atoms with Crippen LogP contribution in [0.1, 0.15) is 71.4 Å². The van der Waals surface area contributed by atoms with E-state index in [4.69, 9.17) is 9.47 Å². The summed E-state index contributed by atoms with van der Waals surface area (Å²) in [5.74, 6) is -1.77. The van der Waals surface area contributed by atoms with Crippen molar-refractivity contribution in [2.75, 3.05) is 39.5 Å². The molecule has 0 radical (unpaired) electrons. The molecule has 12 nitrogen and oxygen atoms in total. The SMILES string of the molecule is CC(C)C[C@H](NC(=O)[C@@H](CCc1ccccc1)NC(=O)[C@@H](CC(C)C)NC(=O)[C@H](CCc1ccccc1)NC(=O)CN1CCOCC1)C(=O)[C@@]1(C)CO1. The minimum atomic E-state index is -0.980. The van der Waals surface area contributed by atoms with Crippen molar-refractivity contribution in [2.45, 2.75) is 103 Å². The summed E-state index contributed by atoms with van der Waals surface area (Å²) in [6.07, 6.45) is 2.38. The van der Waals surface area contributed by atoms with Gasteiger partial charge in [-0.15, -0.1) is 0 Å². The van der Waals surface area contributed by atoms with E-state index in [0.717, 1.165) is 11.1 Å². The molecule has 2 aliphatic rings. The minimum Gasteiger partial charge on any atom is -0.379 e. The van der Waals surface area contributed by atoms with Crippen LogP contribution in [0.5, 0.6) is 0 Å². The van der Waals surface area contributed by atoms with Gasteiger partial charge >= 0.3 is 0 Å². The van der Waals surface area contributed by atoms with Crippen molar-refractivity contribution in [3.8, 4) is 0 Å². The van der Waals surface area contributed by atoms with E-state index in [1.807, 2.05) is 93.3 Å². The molecule has 4 N–H and O–H groups in total. The monoisotopic (exact) mass is 733 g/mol. The second-order valence-corrected chi connectivity index (χ2v) is 15.4. The number of carbonyl (C=O) groups is 5. The molecule has 290 valence electrons. The van der Waals surface area contributed by atoms with Crippen LogP contribution in [0.2, 0.25) is 0 Å². The first-order valence-corrected chi connectivity index (χ1v) is 19.1. The molecular formula is C41H59N5O7. The van der Waals surface area contributed by atoms with Crippen LogP contribution in [0.4, 0.5) is 0 Å². The number of morpholine rings is 1. The van der Waals surface area contributed by atoms with E-state index < -0.39 is 47.5 Å². The summed E-state index contributed by atoms with van der Waals surface area (Å²) < 4.78 is 10.8. The number of nitrogens with zero attached hydrogens (tertiary/aromatic N) is 1. The van der Waals surface area contributed by atoms with Crippen LogP contribution in [-0.2, 0) is 46.3 Å². The number of epoxide rings is 1. The molecule has 0 bridgehead atoms. The molecule has 2 aliphatic heterocycles. The standard InChI is InChI=1S/C41H59N5O7/c1-28(2)24-34(37(48)41(5)27-53-41)44-39(50)33(19-17-31-14-10-7-11-15-31)43-40(51)35(25-29(3)4)45-38(49)32(18-16-30-12-8-6-9-13-30)42-36(47)26-46-20-22-52-23-21-46/h6-15,28-29,32-35H,16-27H2,1-5H3,(H,42,47)(H,43,51)(H,44,50)(H,45,49)/t32-,33+,34-,35+,41+/m0/s1. The smallest absolute Gasteiger partial charge is 0.243 e. The molecule has 5 atom stereocenters. The second kappa shape index (κ2) is 20.4. The zero-order valence-corrected chi connectivity index (χ0v) is 32.0. The quantitative estimate of drug-likeness (QED) is 0.143. The Morgan fingerprint density at radius 2 is 1.09 bits per heavy atom. The van der Waals surface area contributed by atoms with Gasteiger partial charge in [0.05, 0.1) is 32.4 Å². The summed E-state index contributed by atoms with van der Waals surface area (Å²) in [5.41, 5.74) is 1.10. The van der Waals surface area contributed by atoms with Gasteiger partial charge in [-0.25, -0.2) is 0 Å². The van der Waals surface area contributed by atoms with Crippen LogP contribution in [0.25, 0.3) is 0 Å². The topological polar surface area (TPSA) is 158 Å². The summed E-state index contributed by atoms with van der Waals surface area (Å²) in [7, 11) is 0. The van der Waals surface area contributed by atoms with E-state index in [1.54, 1.807) is 6.92 Å². The molecule has 2 heterocycles. The van der Waals surface area contributed by atoms with E-state index in [9.17, 15) is 24.0 Å². The van der Waals surface area contributed by atoms with Crippen molar-refractivity contribution in [2.24, 2.45) is 11.8 Å². The number of hydrogen-bond acceptors (Lipinski definition) is 8. The van der Waals surface area contributed by atoms with E-state index in [1.165, 1.54) is 0 Å². The van der Waals surface area contributed by atoms with Crippen molar-refractivity contribution in [3.63, 3.8) is 0 Å². The summed E-state index contributed by atoms with van der Waals surface area (Å²) >= 11 is 0. The lowest BCUT2D eigenvalue weighted by molar-refractivity contribution is -0.135. The average Bonchev–Trinajstić information content (AvgIpc) is 3.89. The van der Waals surface area contributed by atoms with Crippen LogP contribution in [-0.4, -0.2) is 104 Å². The van der Waals surface area contributed by atoms with Gasteiger partial charge in [0.1, 0.15) is 23.7 Å². The molecule has 0 spiro atoms. The average molecular weight is 734 g/mol. The molecular weight excluding hydrogens is 674 g/mol. The lowest BCUT2D eigenvalue weighted by Gasteiger charge is -2.29. The lowest BCUT2D eigenvalue weighted by Crippen LogP contribution is -2.59. The molecule has 2 fully saturated rings. The molecule has 0 aromatic heterocycles. The number of nitrogens with one attached hydrogen (secondary N) is 4. The van der Waals surface area contributed by atoms with Crippen molar-refractivity contribution in [3.05, 3.63) is 71.8 Å². The summed E-state index contributed by atoms with van der Waals surface area (Å²) in [6.45, 7) is 12.4. The van der Waals surface area contributed by atoms with Crippen LogP contribution in [0.15, 0.2) is 60.7 Å². The van der Waals surface area contributed by atoms with Gasteiger partial charge in [0.15, 0.2) is 5.78 Å². The fourth-order valence-corrected chi connectivity index (χ4v) is 6.49. The van der Waals surface area contributed by atoms with E-state index in [-0.39, 0.29) is 36.5 Å². The van der Waals surface area contributed by atoms with Crippen LogP contribution >= 0.6 is 0 Å². The van der Waals surface area contributed by atoms with Gasteiger partial charge < -0.3 is 30.7 Å². The largest absolute Gasteiger partial charge is 0.379 e. The second-order valence-electron chi connectivity index (χ2n) is 15.4. The Balaban J connectivity index is 1.50. The minimum absolute atomic E-state index is 0.0219. The third-order valence-corrected chi connectivity index (χ3v) is 9.66. The number of amides is 4. The fourth-order valence-electron chi connectivity index (χ4n) is 6.49. The summed E-state index contributed by atoms with van der Waals surface area (Å²) in [6, 6.07) is 15.7. The number of ketones is 1. The third kappa shape index (κ3) is 14.0. The predicted molar refractivity (Wildman–Crippen MR) is 203 cm³/mol. The van der Waals surface area contributed by atoms with E-state index >= 15 is 0 Å². The molecule has 2 aromatic rings. The van der Waals surface area contributed by atoms with Crippen molar-refractivity contribution < 1.29 is 33.4 Å². The molecule has 0 unspecified atom stereocenters. The molecule has 2 aromatic carbocycles. The summed E-state index contributed by atoms with van der Waals surface area (Å²) in [5, 5.41) is 11.7. The van der Waals surface area contributed by atoms with Gasteiger partial charge in [-0.2, -0.15) is 0 Å².